The first-order valence-electron chi connectivity index (χ1n) is 6.21. The molecule has 0 amide bonds. The first-order valence-corrected chi connectivity index (χ1v) is 6.59. The number of benzene rings is 2. The zero-order valence-electron chi connectivity index (χ0n) is 10.9. The molecule has 0 saturated carbocycles. The molecule has 2 nitrogen and oxygen atoms in total. The van der Waals surface area contributed by atoms with Gasteiger partial charge in [-0.25, -0.2) is 4.39 Å². The summed E-state index contributed by atoms with van der Waals surface area (Å²) in [6.07, 6.45) is 0.234. The van der Waals surface area contributed by atoms with E-state index in [0.29, 0.717) is 16.1 Å². The van der Waals surface area contributed by atoms with Crippen LogP contribution in [0.15, 0.2) is 42.5 Å². The molecule has 20 heavy (non-hydrogen) atoms. The number of carbonyl (C=O) groups is 1. The van der Waals surface area contributed by atoms with Crippen LogP contribution in [0.3, 0.4) is 0 Å². The minimum absolute atomic E-state index is 0.234. The monoisotopic (exact) mass is 292 g/mol. The van der Waals surface area contributed by atoms with Crippen LogP contribution in [-0.2, 0) is 11.2 Å². The van der Waals surface area contributed by atoms with E-state index in [2.05, 4.69) is 0 Å². The summed E-state index contributed by atoms with van der Waals surface area (Å²) in [5.74, 6) is -2.20. The Kier molecular flexibility index (Phi) is 4.40. The van der Waals surface area contributed by atoms with E-state index < -0.39 is 17.7 Å². The van der Waals surface area contributed by atoms with Crippen LogP contribution in [0.25, 0.3) is 0 Å². The lowest BCUT2D eigenvalue weighted by atomic mass is 9.91. The number of rotatable bonds is 4. The summed E-state index contributed by atoms with van der Waals surface area (Å²) in [5, 5.41) is 9.89. The van der Waals surface area contributed by atoms with Gasteiger partial charge in [-0.3, -0.25) is 4.79 Å². The third kappa shape index (κ3) is 3.17. The second-order valence-corrected chi connectivity index (χ2v) is 5.10. The van der Waals surface area contributed by atoms with Crippen LogP contribution in [0.1, 0.15) is 22.6 Å². The minimum Gasteiger partial charge on any atom is -0.481 e. The Hall–Kier alpha value is -1.87. The molecular weight excluding hydrogens is 279 g/mol. The average Bonchev–Trinajstić information content (AvgIpc) is 2.41. The van der Waals surface area contributed by atoms with Crippen molar-refractivity contribution in [2.24, 2.45) is 0 Å². The van der Waals surface area contributed by atoms with Crippen molar-refractivity contribution in [3.05, 3.63) is 70.0 Å². The van der Waals surface area contributed by atoms with Gasteiger partial charge in [0.05, 0.1) is 5.92 Å². The summed E-state index contributed by atoms with van der Waals surface area (Å²) < 4.78 is 13.6. The van der Waals surface area contributed by atoms with Crippen molar-refractivity contribution < 1.29 is 14.3 Å². The normalized spacial score (nSPS) is 12.2. The van der Waals surface area contributed by atoms with E-state index in [9.17, 15) is 14.3 Å². The molecule has 0 radical (unpaired) electrons. The van der Waals surface area contributed by atoms with Gasteiger partial charge < -0.3 is 5.11 Å². The minimum atomic E-state index is -0.992. The molecule has 0 fully saturated rings. The largest absolute Gasteiger partial charge is 0.481 e. The smallest absolute Gasteiger partial charge is 0.311 e. The first-order chi connectivity index (χ1) is 9.49. The van der Waals surface area contributed by atoms with Gasteiger partial charge in [0.25, 0.3) is 0 Å². The molecule has 0 aliphatic carbocycles. The van der Waals surface area contributed by atoms with Crippen LogP contribution < -0.4 is 0 Å². The third-order valence-electron chi connectivity index (χ3n) is 3.28. The SMILES string of the molecule is Cc1ccc(C(Cc2ccccc2Cl)C(=O)O)cc1F. The van der Waals surface area contributed by atoms with E-state index in [-0.39, 0.29) is 6.42 Å². The average molecular weight is 293 g/mol. The van der Waals surface area contributed by atoms with Gasteiger partial charge in [0, 0.05) is 5.02 Å². The number of halogens is 2. The van der Waals surface area contributed by atoms with Gasteiger partial charge in [-0.15, -0.1) is 0 Å². The van der Waals surface area contributed by atoms with Crippen molar-refractivity contribution >= 4 is 17.6 Å². The van der Waals surface area contributed by atoms with Gasteiger partial charge in [0.1, 0.15) is 5.82 Å². The Labute approximate surface area is 121 Å². The van der Waals surface area contributed by atoms with Crippen LogP contribution in [0.2, 0.25) is 5.02 Å². The summed E-state index contributed by atoms with van der Waals surface area (Å²) in [6.45, 7) is 1.64. The number of aliphatic carboxylic acids is 1. The van der Waals surface area contributed by atoms with Crippen LogP contribution in [0, 0.1) is 12.7 Å². The summed E-state index contributed by atoms with van der Waals surface area (Å²) in [5.41, 5.74) is 1.68. The zero-order valence-corrected chi connectivity index (χ0v) is 11.7. The molecule has 0 spiro atoms. The standard InChI is InChI=1S/C16H14ClFO2/c1-10-6-7-11(9-15(10)18)13(16(19)20)8-12-4-2-3-5-14(12)17/h2-7,9,13H,8H2,1H3,(H,19,20). The third-order valence-corrected chi connectivity index (χ3v) is 3.65. The fourth-order valence-corrected chi connectivity index (χ4v) is 2.27. The molecule has 0 aliphatic rings. The second kappa shape index (κ2) is 6.06. The van der Waals surface area contributed by atoms with Gasteiger partial charge in [0.2, 0.25) is 0 Å². The highest BCUT2D eigenvalue weighted by Crippen LogP contribution is 2.26. The molecule has 4 heteroatoms. The molecular formula is C16H14ClFO2. The molecule has 1 N–H and O–H groups in total. The van der Waals surface area contributed by atoms with Gasteiger partial charge in [0.15, 0.2) is 0 Å². The van der Waals surface area contributed by atoms with Gasteiger partial charge >= 0.3 is 5.97 Å². The van der Waals surface area contributed by atoms with Gasteiger partial charge in [-0.1, -0.05) is 41.9 Å². The van der Waals surface area contributed by atoms with E-state index in [1.165, 1.54) is 6.07 Å². The Morgan fingerprint density at radius 1 is 1.30 bits per heavy atom. The maximum absolute atomic E-state index is 13.6. The summed E-state index contributed by atoms with van der Waals surface area (Å²) in [7, 11) is 0. The van der Waals surface area contributed by atoms with Crippen molar-refractivity contribution in [2.75, 3.05) is 0 Å². The van der Waals surface area contributed by atoms with Crippen LogP contribution in [0.4, 0.5) is 4.39 Å². The predicted octanol–water partition coefficient (Wildman–Crippen LogP) is 4.20. The lowest BCUT2D eigenvalue weighted by molar-refractivity contribution is -0.138. The zero-order chi connectivity index (χ0) is 14.7. The molecule has 0 aliphatic heterocycles. The van der Waals surface area contributed by atoms with Crippen LogP contribution in [0.5, 0.6) is 0 Å². The Morgan fingerprint density at radius 2 is 2.00 bits per heavy atom. The maximum Gasteiger partial charge on any atom is 0.311 e. The van der Waals surface area contributed by atoms with E-state index in [1.54, 1.807) is 43.3 Å². The van der Waals surface area contributed by atoms with Crippen LogP contribution >= 0.6 is 11.6 Å². The van der Waals surface area contributed by atoms with Crippen LogP contribution in [-0.4, -0.2) is 11.1 Å². The number of hydrogen-bond acceptors (Lipinski definition) is 1. The molecule has 2 aromatic rings. The molecule has 2 rings (SSSR count). The van der Waals surface area contributed by atoms with E-state index in [4.69, 9.17) is 11.6 Å². The topological polar surface area (TPSA) is 37.3 Å². The summed E-state index contributed by atoms with van der Waals surface area (Å²) in [4.78, 5) is 11.4. The van der Waals surface area contributed by atoms with Gasteiger partial charge in [-0.05, 0) is 42.2 Å². The molecule has 1 atom stereocenters. The summed E-state index contributed by atoms with van der Waals surface area (Å²) in [6, 6.07) is 11.6. The van der Waals surface area contributed by atoms with Crippen molar-refractivity contribution in [3.8, 4) is 0 Å². The second-order valence-electron chi connectivity index (χ2n) is 4.69. The number of hydrogen-bond donors (Lipinski definition) is 1. The lowest BCUT2D eigenvalue weighted by Gasteiger charge is -2.14. The molecule has 2 aromatic carbocycles. The molecule has 0 aromatic heterocycles. The van der Waals surface area contributed by atoms with E-state index in [1.807, 2.05) is 0 Å². The number of aryl methyl sites for hydroxylation is 1. The molecule has 0 heterocycles. The first kappa shape index (κ1) is 14.5. The molecule has 104 valence electrons. The Bertz CT molecular complexity index is 640. The molecule has 1 unspecified atom stereocenters. The lowest BCUT2D eigenvalue weighted by Crippen LogP contribution is -2.15. The number of carboxylic acids is 1. The highest BCUT2D eigenvalue weighted by Gasteiger charge is 2.22. The molecule has 0 saturated heterocycles. The van der Waals surface area contributed by atoms with Gasteiger partial charge in [-0.2, -0.15) is 0 Å². The van der Waals surface area contributed by atoms with Crippen molar-refractivity contribution in [3.63, 3.8) is 0 Å². The summed E-state index contributed by atoms with van der Waals surface area (Å²) >= 11 is 6.05. The highest BCUT2D eigenvalue weighted by molar-refractivity contribution is 6.31. The Balaban J connectivity index is 2.34. The van der Waals surface area contributed by atoms with Crippen molar-refractivity contribution in [1.82, 2.24) is 0 Å². The van der Waals surface area contributed by atoms with Crippen molar-refractivity contribution in [2.45, 2.75) is 19.3 Å². The fraction of sp³-hybridized carbons (Fsp3) is 0.188. The van der Waals surface area contributed by atoms with E-state index in [0.717, 1.165) is 5.56 Å². The van der Waals surface area contributed by atoms with E-state index >= 15 is 0 Å². The quantitative estimate of drug-likeness (QED) is 0.917. The molecule has 0 bridgehead atoms. The Morgan fingerprint density at radius 3 is 2.60 bits per heavy atom. The maximum atomic E-state index is 13.6. The predicted molar refractivity (Wildman–Crippen MR) is 76.7 cm³/mol. The number of carboxylic acid groups (broad SMARTS) is 1. The van der Waals surface area contributed by atoms with Crippen molar-refractivity contribution in [1.29, 1.82) is 0 Å². The fourth-order valence-electron chi connectivity index (χ4n) is 2.06. The highest BCUT2D eigenvalue weighted by atomic mass is 35.5.